The van der Waals surface area contributed by atoms with E-state index in [-0.39, 0.29) is 11.4 Å². The van der Waals surface area contributed by atoms with Crippen molar-refractivity contribution in [2.24, 2.45) is 5.10 Å². The summed E-state index contributed by atoms with van der Waals surface area (Å²) < 4.78 is 15.8. The molecule has 0 saturated carbocycles. The van der Waals surface area contributed by atoms with E-state index in [1.54, 1.807) is 18.2 Å². The van der Waals surface area contributed by atoms with Gasteiger partial charge in [-0.2, -0.15) is 5.10 Å². The average Bonchev–Trinajstić information content (AvgIpc) is 2.68. The zero-order valence-corrected chi connectivity index (χ0v) is 15.9. The molecule has 10 heteroatoms. The number of methoxy groups -OCH3 is 1. The molecular weight excluding hydrogens is 390 g/mol. The van der Waals surface area contributed by atoms with Crippen LogP contribution < -0.4 is 19.6 Å². The first-order valence-electron chi connectivity index (χ1n) is 8.14. The highest BCUT2D eigenvalue weighted by Gasteiger charge is 2.15. The Hall–Kier alpha value is -3.33. The fourth-order valence-electron chi connectivity index (χ4n) is 2.18. The largest absolute Gasteiger partial charge is 0.493 e. The molecule has 0 aliphatic rings. The third kappa shape index (κ3) is 5.58. The summed E-state index contributed by atoms with van der Waals surface area (Å²) in [7, 11) is 1.48. The van der Waals surface area contributed by atoms with E-state index < -0.39 is 17.4 Å². The lowest BCUT2D eigenvalue weighted by atomic mass is 10.2. The van der Waals surface area contributed by atoms with Crippen LogP contribution in [-0.2, 0) is 4.79 Å². The van der Waals surface area contributed by atoms with E-state index in [1.165, 1.54) is 31.5 Å². The van der Waals surface area contributed by atoms with E-state index in [2.05, 4.69) is 10.5 Å². The van der Waals surface area contributed by atoms with Crippen LogP contribution in [0.4, 0.5) is 5.69 Å². The molecule has 0 fully saturated rings. The molecule has 0 atom stereocenters. The van der Waals surface area contributed by atoms with E-state index in [0.717, 1.165) is 0 Å². The van der Waals surface area contributed by atoms with Gasteiger partial charge >= 0.3 is 5.69 Å². The van der Waals surface area contributed by atoms with Crippen molar-refractivity contribution in [3.63, 3.8) is 0 Å². The molecule has 0 heterocycles. The number of hydrogen-bond acceptors (Lipinski definition) is 7. The van der Waals surface area contributed by atoms with Gasteiger partial charge in [-0.1, -0.05) is 23.7 Å². The number of rotatable bonds is 9. The fourth-order valence-corrected chi connectivity index (χ4v) is 2.46. The van der Waals surface area contributed by atoms with Crippen molar-refractivity contribution in [2.45, 2.75) is 6.92 Å². The normalized spacial score (nSPS) is 10.5. The number of para-hydroxylation sites is 2. The lowest BCUT2D eigenvalue weighted by molar-refractivity contribution is -0.385. The van der Waals surface area contributed by atoms with Crippen molar-refractivity contribution in [3.05, 3.63) is 57.1 Å². The van der Waals surface area contributed by atoms with Crippen LogP contribution in [0.15, 0.2) is 41.5 Å². The second-order valence-corrected chi connectivity index (χ2v) is 5.68. The van der Waals surface area contributed by atoms with Gasteiger partial charge in [-0.3, -0.25) is 14.9 Å². The minimum atomic E-state index is -0.589. The van der Waals surface area contributed by atoms with Gasteiger partial charge in [0.2, 0.25) is 0 Å². The average molecular weight is 408 g/mol. The Kier molecular flexibility index (Phi) is 7.58. The molecule has 2 aromatic rings. The maximum atomic E-state index is 11.8. The second kappa shape index (κ2) is 10.1. The molecule has 0 unspecified atom stereocenters. The number of nitrogens with one attached hydrogen (secondary N) is 1. The van der Waals surface area contributed by atoms with Gasteiger partial charge in [-0.15, -0.1) is 0 Å². The minimum Gasteiger partial charge on any atom is -0.493 e. The number of benzene rings is 2. The Bertz CT molecular complexity index is 888. The molecule has 0 aliphatic heterocycles. The van der Waals surface area contributed by atoms with Crippen molar-refractivity contribution in [3.8, 4) is 17.2 Å². The summed E-state index contributed by atoms with van der Waals surface area (Å²) in [6.07, 6.45) is 1.37. The summed E-state index contributed by atoms with van der Waals surface area (Å²) in [5.74, 6) is 0.264. The number of hydrazone groups is 1. The molecule has 2 rings (SSSR count). The van der Waals surface area contributed by atoms with Gasteiger partial charge in [0.1, 0.15) is 0 Å². The zero-order chi connectivity index (χ0) is 20.5. The highest BCUT2D eigenvalue weighted by molar-refractivity contribution is 6.32. The van der Waals surface area contributed by atoms with Crippen LogP contribution in [0.1, 0.15) is 12.5 Å². The number of amides is 1. The molecule has 9 nitrogen and oxygen atoms in total. The number of halogens is 1. The van der Waals surface area contributed by atoms with E-state index in [0.29, 0.717) is 28.7 Å². The maximum absolute atomic E-state index is 11.8. The Balaban J connectivity index is 1.97. The molecule has 2 aromatic carbocycles. The predicted octanol–water partition coefficient (Wildman–Crippen LogP) is 3.18. The van der Waals surface area contributed by atoms with Crippen molar-refractivity contribution >= 4 is 29.4 Å². The lowest BCUT2D eigenvalue weighted by Crippen LogP contribution is -2.24. The fraction of sp³-hybridized carbons (Fsp3) is 0.222. The van der Waals surface area contributed by atoms with Crippen molar-refractivity contribution in [1.82, 2.24) is 5.43 Å². The summed E-state index contributed by atoms with van der Waals surface area (Å²) in [6, 6.07) is 9.02. The third-order valence-electron chi connectivity index (χ3n) is 3.36. The van der Waals surface area contributed by atoms with Gasteiger partial charge < -0.3 is 14.2 Å². The van der Waals surface area contributed by atoms with Crippen LogP contribution >= 0.6 is 11.6 Å². The SMILES string of the molecule is CCOc1c(Cl)cc(/C=N\NC(=O)COc2ccccc2[N+](=O)[O-])cc1OC. The van der Waals surface area contributed by atoms with E-state index in [4.69, 9.17) is 25.8 Å². The highest BCUT2D eigenvalue weighted by atomic mass is 35.5. The van der Waals surface area contributed by atoms with Gasteiger partial charge in [-0.05, 0) is 30.7 Å². The molecular formula is C18H18ClN3O6. The number of nitrogens with zero attached hydrogens (tertiary/aromatic N) is 2. The van der Waals surface area contributed by atoms with E-state index >= 15 is 0 Å². The smallest absolute Gasteiger partial charge is 0.310 e. The topological polar surface area (TPSA) is 112 Å². The lowest BCUT2D eigenvalue weighted by Gasteiger charge is -2.11. The molecule has 1 N–H and O–H groups in total. The Morgan fingerprint density at radius 2 is 2.04 bits per heavy atom. The first-order valence-corrected chi connectivity index (χ1v) is 8.52. The number of hydrogen-bond donors (Lipinski definition) is 1. The van der Waals surface area contributed by atoms with Gasteiger partial charge in [-0.25, -0.2) is 5.43 Å². The summed E-state index contributed by atoms with van der Waals surface area (Å²) in [4.78, 5) is 22.1. The van der Waals surface area contributed by atoms with Crippen molar-refractivity contribution < 1.29 is 23.9 Å². The maximum Gasteiger partial charge on any atom is 0.310 e. The molecule has 0 aromatic heterocycles. The molecule has 148 valence electrons. The number of ether oxygens (including phenoxy) is 3. The van der Waals surface area contributed by atoms with Crippen LogP contribution in [0, 0.1) is 10.1 Å². The Labute approximate surface area is 166 Å². The first kappa shape index (κ1) is 21.0. The number of nitro benzene ring substituents is 1. The summed E-state index contributed by atoms with van der Waals surface area (Å²) >= 11 is 6.16. The van der Waals surface area contributed by atoms with Crippen LogP contribution in [0.5, 0.6) is 17.2 Å². The van der Waals surface area contributed by atoms with Crippen LogP contribution in [0.25, 0.3) is 0 Å². The van der Waals surface area contributed by atoms with Crippen molar-refractivity contribution in [2.75, 3.05) is 20.3 Å². The summed E-state index contributed by atoms with van der Waals surface area (Å²) in [5.41, 5.74) is 2.61. The molecule has 0 radical (unpaired) electrons. The third-order valence-corrected chi connectivity index (χ3v) is 3.64. The number of carbonyl (C=O) groups excluding carboxylic acids is 1. The second-order valence-electron chi connectivity index (χ2n) is 5.27. The molecule has 0 saturated heterocycles. The molecule has 0 bridgehead atoms. The van der Waals surface area contributed by atoms with Gasteiger partial charge in [0.15, 0.2) is 23.9 Å². The number of nitro groups is 1. The number of carbonyl (C=O) groups is 1. The van der Waals surface area contributed by atoms with Crippen LogP contribution in [0.2, 0.25) is 5.02 Å². The van der Waals surface area contributed by atoms with Gasteiger partial charge in [0.05, 0.1) is 29.9 Å². The first-order chi connectivity index (χ1) is 13.5. The van der Waals surface area contributed by atoms with Crippen LogP contribution in [-0.4, -0.2) is 37.4 Å². The van der Waals surface area contributed by atoms with Crippen LogP contribution in [0.3, 0.4) is 0 Å². The molecule has 0 aliphatic carbocycles. The van der Waals surface area contributed by atoms with E-state index in [1.807, 2.05) is 6.92 Å². The standard InChI is InChI=1S/C18H18ClN3O6/c1-3-27-18-13(19)8-12(9-16(18)26-2)10-20-21-17(23)11-28-15-7-5-4-6-14(15)22(24)25/h4-10H,3,11H2,1-2H3,(H,21,23)/b20-10-. The predicted molar refractivity (Wildman–Crippen MR) is 104 cm³/mol. The zero-order valence-electron chi connectivity index (χ0n) is 15.2. The minimum absolute atomic E-state index is 0.00494. The molecule has 28 heavy (non-hydrogen) atoms. The van der Waals surface area contributed by atoms with Gasteiger partial charge in [0, 0.05) is 6.07 Å². The van der Waals surface area contributed by atoms with Gasteiger partial charge in [0.25, 0.3) is 5.91 Å². The molecule has 0 spiro atoms. The monoisotopic (exact) mass is 407 g/mol. The van der Waals surface area contributed by atoms with E-state index in [9.17, 15) is 14.9 Å². The Morgan fingerprint density at radius 1 is 1.29 bits per heavy atom. The summed E-state index contributed by atoms with van der Waals surface area (Å²) in [5, 5.41) is 15.1. The highest BCUT2D eigenvalue weighted by Crippen LogP contribution is 2.36. The summed E-state index contributed by atoms with van der Waals surface area (Å²) in [6.45, 7) is 1.82. The van der Waals surface area contributed by atoms with Crippen molar-refractivity contribution in [1.29, 1.82) is 0 Å². The quantitative estimate of drug-likeness (QED) is 0.388. The Morgan fingerprint density at radius 3 is 2.71 bits per heavy atom. The molecule has 1 amide bonds.